The quantitative estimate of drug-likeness (QED) is 0.824. The van der Waals surface area contributed by atoms with Crippen LogP contribution in [0.5, 0.6) is 0 Å². The SMILES string of the molecule is CC(N[C@H](C)c1ccccc1Cl)C(N)=O. The van der Waals surface area contributed by atoms with Crippen LogP contribution in [0.3, 0.4) is 0 Å². The number of rotatable bonds is 4. The van der Waals surface area contributed by atoms with E-state index in [9.17, 15) is 4.79 Å². The minimum absolute atomic E-state index is 0.00111. The Morgan fingerprint density at radius 1 is 1.40 bits per heavy atom. The number of benzene rings is 1. The second kappa shape index (κ2) is 5.14. The van der Waals surface area contributed by atoms with E-state index in [2.05, 4.69) is 5.32 Å². The third kappa shape index (κ3) is 3.22. The van der Waals surface area contributed by atoms with Gasteiger partial charge in [-0.2, -0.15) is 0 Å². The predicted molar refractivity (Wildman–Crippen MR) is 61.7 cm³/mol. The van der Waals surface area contributed by atoms with E-state index in [1.165, 1.54) is 0 Å². The summed E-state index contributed by atoms with van der Waals surface area (Å²) in [6.07, 6.45) is 0. The molecule has 0 heterocycles. The molecule has 15 heavy (non-hydrogen) atoms. The van der Waals surface area contributed by atoms with E-state index in [0.717, 1.165) is 5.56 Å². The molecular formula is C11H15ClN2O. The Bertz CT molecular complexity index is 354. The molecule has 1 rings (SSSR count). The van der Waals surface area contributed by atoms with Gasteiger partial charge in [-0.3, -0.25) is 10.1 Å². The van der Waals surface area contributed by atoms with Crippen molar-refractivity contribution in [1.29, 1.82) is 0 Å². The predicted octanol–water partition coefficient (Wildman–Crippen LogP) is 1.86. The van der Waals surface area contributed by atoms with Crippen molar-refractivity contribution in [3.8, 4) is 0 Å². The van der Waals surface area contributed by atoms with Crippen LogP contribution in [0.1, 0.15) is 25.5 Å². The number of carbonyl (C=O) groups excluding carboxylic acids is 1. The van der Waals surface area contributed by atoms with Crippen LogP contribution >= 0.6 is 11.6 Å². The fourth-order valence-corrected chi connectivity index (χ4v) is 1.67. The minimum Gasteiger partial charge on any atom is -0.368 e. The third-order valence-electron chi connectivity index (χ3n) is 2.30. The van der Waals surface area contributed by atoms with Crippen molar-refractivity contribution in [2.24, 2.45) is 5.73 Å². The van der Waals surface area contributed by atoms with Crippen LogP contribution in [0.15, 0.2) is 24.3 Å². The number of halogens is 1. The maximum Gasteiger partial charge on any atom is 0.234 e. The highest BCUT2D eigenvalue weighted by Crippen LogP contribution is 2.22. The van der Waals surface area contributed by atoms with Crippen LogP contribution in [0.2, 0.25) is 5.02 Å². The lowest BCUT2D eigenvalue weighted by Crippen LogP contribution is -2.40. The van der Waals surface area contributed by atoms with Crippen molar-refractivity contribution in [1.82, 2.24) is 5.32 Å². The van der Waals surface area contributed by atoms with Gasteiger partial charge < -0.3 is 5.73 Å². The first kappa shape index (κ1) is 12.0. The van der Waals surface area contributed by atoms with Crippen LogP contribution in [0, 0.1) is 0 Å². The summed E-state index contributed by atoms with van der Waals surface area (Å²) in [5.74, 6) is -0.367. The summed E-state index contributed by atoms with van der Waals surface area (Å²) in [6, 6.07) is 7.17. The molecule has 82 valence electrons. The number of hydrogen-bond acceptors (Lipinski definition) is 2. The van der Waals surface area contributed by atoms with Crippen molar-refractivity contribution < 1.29 is 4.79 Å². The molecule has 1 aromatic carbocycles. The van der Waals surface area contributed by atoms with E-state index in [0.29, 0.717) is 5.02 Å². The fourth-order valence-electron chi connectivity index (χ4n) is 1.37. The Balaban J connectivity index is 2.73. The Morgan fingerprint density at radius 2 is 2.00 bits per heavy atom. The van der Waals surface area contributed by atoms with Gasteiger partial charge in [0.2, 0.25) is 5.91 Å². The molecule has 3 nitrogen and oxygen atoms in total. The summed E-state index contributed by atoms with van der Waals surface area (Å²) in [6.45, 7) is 3.68. The average molecular weight is 227 g/mol. The number of nitrogens with one attached hydrogen (secondary N) is 1. The van der Waals surface area contributed by atoms with E-state index >= 15 is 0 Å². The van der Waals surface area contributed by atoms with Gasteiger partial charge in [0.05, 0.1) is 6.04 Å². The molecule has 0 radical (unpaired) electrons. The van der Waals surface area contributed by atoms with E-state index < -0.39 is 0 Å². The lowest BCUT2D eigenvalue weighted by Gasteiger charge is -2.18. The van der Waals surface area contributed by atoms with E-state index in [1.807, 2.05) is 31.2 Å². The van der Waals surface area contributed by atoms with Gasteiger partial charge in [0.15, 0.2) is 0 Å². The fraction of sp³-hybridized carbons (Fsp3) is 0.364. The molecule has 0 fully saturated rings. The van der Waals surface area contributed by atoms with Gasteiger partial charge in [0.25, 0.3) is 0 Å². The van der Waals surface area contributed by atoms with Crippen LogP contribution in [0.4, 0.5) is 0 Å². The Kier molecular flexibility index (Phi) is 4.12. The summed E-state index contributed by atoms with van der Waals surface area (Å²) < 4.78 is 0. The lowest BCUT2D eigenvalue weighted by atomic mass is 10.1. The van der Waals surface area contributed by atoms with E-state index in [4.69, 9.17) is 17.3 Å². The lowest BCUT2D eigenvalue weighted by molar-refractivity contribution is -0.119. The smallest absolute Gasteiger partial charge is 0.234 e. The molecule has 0 saturated heterocycles. The first-order chi connectivity index (χ1) is 7.02. The maximum absolute atomic E-state index is 10.9. The summed E-state index contributed by atoms with van der Waals surface area (Å²) in [7, 11) is 0. The number of amides is 1. The van der Waals surface area contributed by atoms with Gasteiger partial charge in [-0.05, 0) is 25.5 Å². The number of primary amides is 1. The second-order valence-electron chi connectivity index (χ2n) is 3.53. The Hall–Kier alpha value is -1.06. The van der Waals surface area contributed by atoms with E-state index in [1.54, 1.807) is 6.92 Å². The van der Waals surface area contributed by atoms with Crippen LogP contribution in [-0.4, -0.2) is 11.9 Å². The standard InChI is InChI=1S/C11H15ClN2O/c1-7(14-8(2)11(13)15)9-5-3-4-6-10(9)12/h3-8,14H,1-2H3,(H2,13,15)/t7-,8?/m1/s1. The summed E-state index contributed by atoms with van der Waals surface area (Å²) in [4.78, 5) is 10.9. The topological polar surface area (TPSA) is 55.1 Å². The van der Waals surface area contributed by atoms with Gasteiger partial charge in [0.1, 0.15) is 0 Å². The highest BCUT2D eigenvalue weighted by molar-refractivity contribution is 6.31. The van der Waals surface area contributed by atoms with Crippen molar-refractivity contribution >= 4 is 17.5 Å². The minimum atomic E-state index is -0.367. The normalized spacial score (nSPS) is 14.6. The van der Waals surface area contributed by atoms with Crippen LogP contribution < -0.4 is 11.1 Å². The molecule has 1 unspecified atom stereocenters. The third-order valence-corrected chi connectivity index (χ3v) is 2.64. The highest BCUT2D eigenvalue weighted by Gasteiger charge is 2.14. The Labute approximate surface area is 94.6 Å². The second-order valence-corrected chi connectivity index (χ2v) is 3.94. The van der Waals surface area contributed by atoms with Crippen molar-refractivity contribution in [3.63, 3.8) is 0 Å². The first-order valence-electron chi connectivity index (χ1n) is 4.82. The summed E-state index contributed by atoms with van der Waals surface area (Å²) >= 11 is 6.03. The molecule has 1 aromatic rings. The van der Waals surface area contributed by atoms with Crippen molar-refractivity contribution in [3.05, 3.63) is 34.9 Å². The average Bonchev–Trinajstić information content (AvgIpc) is 2.18. The van der Waals surface area contributed by atoms with Gasteiger partial charge in [-0.25, -0.2) is 0 Å². The van der Waals surface area contributed by atoms with Gasteiger partial charge in [-0.15, -0.1) is 0 Å². The van der Waals surface area contributed by atoms with E-state index in [-0.39, 0.29) is 18.0 Å². The molecule has 0 bridgehead atoms. The molecule has 0 aliphatic heterocycles. The molecule has 2 atom stereocenters. The molecule has 0 spiro atoms. The number of hydrogen-bond donors (Lipinski definition) is 2. The summed E-state index contributed by atoms with van der Waals surface area (Å²) in [5.41, 5.74) is 6.13. The molecule has 0 saturated carbocycles. The molecule has 0 aliphatic rings. The molecule has 3 N–H and O–H groups in total. The van der Waals surface area contributed by atoms with Crippen LogP contribution in [-0.2, 0) is 4.79 Å². The first-order valence-corrected chi connectivity index (χ1v) is 5.20. The Morgan fingerprint density at radius 3 is 2.53 bits per heavy atom. The molecule has 4 heteroatoms. The van der Waals surface area contributed by atoms with Crippen molar-refractivity contribution in [2.75, 3.05) is 0 Å². The number of nitrogens with two attached hydrogens (primary N) is 1. The zero-order valence-electron chi connectivity index (χ0n) is 8.83. The molecule has 0 aromatic heterocycles. The summed E-state index contributed by atoms with van der Waals surface area (Å²) in [5, 5.41) is 3.77. The van der Waals surface area contributed by atoms with Gasteiger partial charge >= 0.3 is 0 Å². The molecular weight excluding hydrogens is 212 g/mol. The maximum atomic E-state index is 10.9. The largest absolute Gasteiger partial charge is 0.368 e. The number of carbonyl (C=O) groups is 1. The monoisotopic (exact) mass is 226 g/mol. The highest BCUT2D eigenvalue weighted by atomic mass is 35.5. The zero-order valence-corrected chi connectivity index (χ0v) is 9.58. The molecule has 1 amide bonds. The zero-order chi connectivity index (χ0) is 11.4. The van der Waals surface area contributed by atoms with Crippen LogP contribution in [0.25, 0.3) is 0 Å². The van der Waals surface area contributed by atoms with Gasteiger partial charge in [0, 0.05) is 11.1 Å². The molecule has 0 aliphatic carbocycles. The van der Waals surface area contributed by atoms with Crippen molar-refractivity contribution in [2.45, 2.75) is 25.9 Å². The van der Waals surface area contributed by atoms with Gasteiger partial charge in [-0.1, -0.05) is 29.8 Å².